The molecule has 1 unspecified atom stereocenters. The Morgan fingerprint density at radius 1 is 1.23 bits per heavy atom. The smallest absolute Gasteiger partial charge is 0.290 e. The van der Waals surface area contributed by atoms with E-state index >= 15 is 0 Å². The van der Waals surface area contributed by atoms with Gasteiger partial charge in [0, 0.05) is 4.88 Å². The minimum absolute atomic E-state index is 0.195. The molecule has 0 saturated carbocycles. The van der Waals surface area contributed by atoms with Crippen molar-refractivity contribution in [3.63, 3.8) is 0 Å². The van der Waals surface area contributed by atoms with Gasteiger partial charge in [0.15, 0.2) is 0 Å². The lowest BCUT2D eigenvalue weighted by molar-refractivity contribution is -0.122. The minimum Gasteiger partial charge on any atom is -0.494 e. The van der Waals surface area contributed by atoms with Gasteiger partial charge in [-0.3, -0.25) is 4.79 Å². The van der Waals surface area contributed by atoms with Crippen LogP contribution in [0.1, 0.15) is 22.0 Å². The second-order valence-electron chi connectivity index (χ2n) is 5.03. The maximum Gasteiger partial charge on any atom is 0.290 e. The summed E-state index contributed by atoms with van der Waals surface area (Å²) in [6, 6.07) is 12.0. The number of carbonyl (C=O) groups excluding carboxylic acids is 1. The summed E-state index contributed by atoms with van der Waals surface area (Å²) in [4.78, 5) is 13.4. The van der Waals surface area contributed by atoms with Gasteiger partial charge >= 0.3 is 0 Å². The molecule has 2 aromatic rings. The summed E-state index contributed by atoms with van der Waals surface area (Å²) >= 11 is 1.61. The molecule has 1 atom stereocenters. The van der Waals surface area contributed by atoms with Crippen molar-refractivity contribution in [2.45, 2.75) is 13.0 Å². The molecule has 3 rings (SSSR count). The summed E-state index contributed by atoms with van der Waals surface area (Å²) < 4.78 is 10.5. The van der Waals surface area contributed by atoms with Gasteiger partial charge in [0.25, 0.3) is 5.91 Å². The van der Waals surface area contributed by atoms with Crippen LogP contribution in [0.5, 0.6) is 0 Å². The van der Waals surface area contributed by atoms with Crippen LogP contribution in [0.25, 0.3) is 0 Å². The van der Waals surface area contributed by atoms with Crippen molar-refractivity contribution in [3.8, 4) is 0 Å². The zero-order chi connectivity index (χ0) is 15.4. The van der Waals surface area contributed by atoms with E-state index in [0.29, 0.717) is 13.2 Å². The van der Waals surface area contributed by atoms with Crippen LogP contribution < -0.4 is 5.32 Å². The molecule has 0 radical (unpaired) electrons. The molecule has 5 heteroatoms. The number of ether oxygens (including phenoxy) is 2. The molecule has 1 aromatic heterocycles. The van der Waals surface area contributed by atoms with Gasteiger partial charge in [-0.05, 0) is 23.9 Å². The quantitative estimate of drug-likeness (QED) is 0.943. The molecular formula is C17H17NO3S. The third-order valence-electron chi connectivity index (χ3n) is 3.39. The first-order valence-electron chi connectivity index (χ1n) is 7.09. The van der Waals surface area contributed by atoms with E-state index in [2.05, 4.69) is 5.32 Å². The van der Waals surface area contributed by atoms with Crippen molar-refractivity contribution in [2.24, 2.45) is 0 Å². The molecule has 22 heavy (non-hydrogen) atoms. The number of aryl methyl sites for hydroxylation is 1. The average molecular weight is 315 g/mol. The van der Waals surface area contributed by atoms with E-state index in [-0.39, 0.29) is 17.7 Å². The van der Waals surface area contributed by atoms with E-state index in [1.165, 1.54) is 11.8 Å². The zero-order valence-electron chi connectivity index (χ0n) is 12.2. The number of hydrogen-bond acceptors (Lipinski definition) is 4. The van der Waals surface area contributed by atoms with E-state index in [4.69, 9.17) is 9.47 Å². The van der Waals surface area contributed by atoms with Crippen LogP contribution >= 0.6 is 11.3 Å². The van der Waals surface area contributed by atoms with Gasteiger partial charge in [0.2, 0.25) is 5.76 Å². The Hall–Kier alpha value is -2.27. The number of rotatable bonds is 4. The van der Waals surface area contributed by atoms with Crippen molar-refractivity contribution in [3.05, 3.63) is 69.8 Å². The summed E-state index contributed by atoms with van der Waals surface area (Å²) in [5.74, 6) is -0.0430. The normalized spacial score (nSPS) is 15.2. The third-order valence-corrected chi connectivity index (χ3v) is 4.32. The number of nitrogens with one attached hydrogen (secondary N) is 1. The molecule has 0 spiro atoms. The standard InChI is InChI=1S/C17H17NO3S/c1-12-4-6-13(7-5-12)16(15-3-2-10-22-15)18-17(19)14-11-20-8-9-21-14/h2-7,10-11,16H,8-9H2,1H3,(H,18,19). The van der Waals surface area contributed by atoms with E-state index in [1.807, 2.05) is 48.7 Å². The van der Waals surface area contributed by atoms with Gasteiger partial charge < -0.3 is 14.8 Å². The molecule has 0 saturated heterocycles. The van der Waals surface area contributed by atoms with Crippen molar-refractivity contribution in [1.29, 1.82) is 0 Å². The fourth-order valence-electron chi connectivity index (χ4n) is 2.22. The lowest BCUT2D eigenvalue weighted by atomic mass is 10.0. The first-order valence-corrected chi connectivity index (χ1v) is 7.97. The van der Waals surface area contributed by atoms with Crippen LogP contribution in [0.2, 0.25) is 0 Å². The maximum atomic E-state index is 12.4. The number of amides is 1. The summed E-state index contributed by atoms with van der Waals surface area (Å²) in [5, 5.41) is 5.03. The van der Waals surface area contributed by atoms with Crippen LogP contribution in [0.15, 0.2) is 53.8 Å². The molecule has 1 amide bonds. The molecule has 0 bridgehead atoms. The molecule has 0 fully saturated rings. The molecule has 1 aromatic carbocycles. The Morgan fingerprint density at radius 3 is 2.68 bits per heavy atom. The monoisotopic (exact) mass is 315 g/mol. The minimum atomic E-state index is -0.265. The molecule has 1 aliphatic rings. The van der Waals surface area contributed by atoms with Crippen molar-refractivity contribution in [2.75, 3.05) is 13.2 Å². The van der Waals surface area contributed by atoms with E-state index in [0.717, 1.165) is 10.4 Å². The summed E-state index contributed by atoms with van der Waals surface area (Å²) in [6.45, 7) is 2.91. The van der Waals surface area contributed by atoms with Crippen molar-refractivity contribution in [1.82, 2.24) is 5.32 Å². The van der Waals surface area contributed by atoms with Crippen LogP contribution in [0, 0.1) is 6.92 Å². The van der Waals surface area contributed by atoms with Gasteiger partial charge in [-0.15, -0.1) is 11.3 Å². The van der Waals surface area contributed by atoms with Gasteiger partial charge in [-0.1, -0.05) is 35.9 Å². The fraction of sp³-hybridized carbons (Fsp3) is 0.235. The average Bonchev–Trinajstić information content (AvgIpc) is 3.08. The van der Waals surface area contributed by atoms with Crippen LogP contribution in [-0.2, 0) is 14.3 Å². The van der Waals surface area contributed by atoms with Gasteiger partial charge in [-0.2, -0.15) is 0 Å². The van der Waals surface area contributed by atoms with Gasteiger partial charge in [0.1, 0.15) is 19.5 Å². The highest BCUT2D eigenvalue weighted by Crippen LogP contribution is 2.26. The fourth-order valence-corrected chi connectivity index (χ4v) is 3.03. The number of carbonyl (C=O) groups is 1. The SMILES string of the molecule is Cc1ccc(C(NC(=O)C2=COCCO2)c2cccs2)cc1. The predicted octanol–water partition coefficient (Wildman–Crippen LogP) is 3.15. The topological polar surface area (TPSA) is 47.6 Å². The van der Waals surface area contributed by atoms with Crippen LogP contribution in [0.3, 0.4) is 0 Å². The summed E-state index contributed by atoms with van der Waals surface area (Å²) in [6.07, 6.45) is 1.37. The number of hydrogen-bond donors (Lipinski definition) is 1. The highest BCUT2D eigenvalue weighted by molar-refractivity contribution is 7.10. The summed E-state index contributed by atoms with van der Waals surface area (Å²) in [5.41, 5.74) is 2.23. The molecule has 1 aliphatic heterocycles. The van der Waals surface area contributed by atoms with Crippen LogP contribution in [-0.4, -0.2) is 19.1 Å². The third kappa shape index (κ3) is 3.31. The first kappa shape index (κ1) is 14.7. The molecule has 0 aliphatic carbocycles. The molecule has 1 N–H and O–H groups in total. The van der Waals surface area contributed by atoms with Gasteiger partial charge in [-0.25, -0.2) is 0 Å². The molecule has 114 valence electrons. The van der Waals surface area contributed by atoms with Gasteiger partial charge in [0.05, 0.1) is 6.04 Å². The van der Waals surface area contributed by atoms with Crippen LogP contribution in [0.4, 0.5) is 0 Å². The second kappa shape index (κ2) is 6.66. The Labute approximate surface area is 133 Å². The lowest BCUT2D eigenvalue weighted by Crippen LogP contribution is -2.32. The molecule has 4 nitrogen and oxygen atoms in total. The Morgan fingerprint density at radius 2 is 2.05 bits per heavy atom. The highest BCUT2D eigenvalue weighted by atomic mass is 32.1. The Kier molecular flexibility index (Phi) is 4.44. The van der Waals surface area contributed by atoms with E-state index < -0.39 is 0 Å². The molecular weight excluding hydrogens is 298 g/mol. The number of thiophene rings is 1. The second-order valence-corrected chi connectivity index (χ2v) is 6.01. The van der Waals surface area contributed by atoms with E-state index in [1.54, 1.807) is 11.3 Å². The summed E-state index contributed by atoms with van der Waals surface area (Å²) in [7, 11) is 0. The highest BCUT2D eigenvalue weighted by Gasteiger charge is 2.22. The maximum absolute atomic E-state index is 12.4. The predicted molar refractivity (Wildman–Crippen MR) is 85.5 cm³/mol. The Bertz CT molecular complexity index is 662. The lowest BCUT2D eigenvalue weighted by Gasteiger charge is -2.21. The first-order chi connectivity index (χ1) is 10.7. The van der Waals surface area contributed by atoms with Crippen molar-refractivity contribution >= 4 is 17.2 Å². The van der Waals surface area contributed by atoms with E-state index in [9.17, 15) is 4.79 Å². The Balaban J connectivity index is 1.84. The molecule has 2 heterocycles. The largest absolute Gasteiger partial charge is 0.494 e. The zero-order valence-corrected chi connectivity index (χ0v) is 13.1. The number of benzene rings is 1. The van der Waals surface area contributed by atoms with Crippen molar-refractivity contribution < 1.29 is 14.3 Å².